The van der Waals surface area contributed by atoms with Gasteiger partial charge in [-0.15, -0.1) is 0 Å². The lowest BCUT2D eigenvalue weighted by Crippen LogP contribution is -2.20. The molecule has 10 heteroatoms. The average Bonchev–Trinajstić information content (AvgIpc) is 2.72. The lowest BCUT2D eigenvalue weighted by Gasteiger charge is -2.13. The van der Waals surface area contributed by atoms with Gasteiger partial charge in [-0.3, -0.25) is 0 Å². The van der Waals surface area contributed by atoms with E-state index < -0.39 is 11.5 Å². The maximum Gasteiger partial charge on any atom is 0.446 e. The number of alkyl halides is 3. The number of carbonyl (C=O) groups is 1. The summed E-state index contributed by atoms with van der Waals surface area (Å²) >= 11 is -0.212. The number of halogens is 3. The van der Waals surface area contributed by atoms with E-state index in [1.54, 1.807) is 25.1 Å². The molecule has 0 amide bonds. The Kier molecular flexibility index (Phi) is 8.49. The molecule has 0 aliphatic heterocycles. The number of aryl methyl sites for hydroxylation is 1. The van der Waals surface area contributed by atoms with Gasteiger partial charge in [0.25, 0.3) is 0 Å². The summed E-state index contributed by atoms with van der Waals surface area (Å²) in [5, 5.41) is 7.73. The Labute approximate surface area is 182 Å². The lowest BCUT2D eigenvalue weighted by atomic mass is 9.99. The predicted molar refractivity (Wildman–Crippen MR) is 112 cm³/mol. The van der Waals surface area contributed by atoms with Crippen molar-refractivity contribution in [2.75, 3.05) is 14.2 Å². The Morgan fingerprint density at radius 2 is 1.71 bits per heavy atom. The molecule has 0 spiro atoms. The predicted octanol–water partition coefficient (Wildman–Crippen LogP) is 5.07. The first kappa shape index (κ1) is 24.3. The zero-order chi connectivity index (χ0) is 23.0. The smallest absolute Gasteiger partial charge is 0.446 e. The number of esters is 1. The van der Waals surface area contributed by atoms with E-state index in [0.717, 1.165) is 5.56 Å². The summed E-state index contributed by atoms with van der Waals surface area (Å²) < 4.78 is 43.2. The average molecular weight is 454 g/mol. The molecule has 0 aliphatic rings. The monoisotopic (exact) mass is 454 g/mol. The summed E-state index contributed by atoms with van der Waals surface area (Å²) in [6.07, 6.45) is 0. The molecule has 2 aromatic rings. The number of hydrogen-bond acceptors (Lipinski definition) is 7. The highest BCUT2D eigenvalue weighted by molar-refractivity contribution is 8.00. The van der Waals surface area contributed by atoms with Crippen LogP contribution in [0.25, 0.3) is 0 Å². The fraction of sp³-hybridized carbons (Fsp3) is 0.286. The number of hydrogen-bond donors (Lipinski definition) is 0. The molecule has 2 rings (SSSR count). The van der Waals surface area contributed by atoms with Crippen molar-refractivity contribution < 1.29 is 32.4 Å². The van der Waals surface area contributed by atoms with Gasteiger partial charge in [-0.25, -0.2) is 4.79 Å². The van der Waals surface area contributed by atoms with E-state index in [9.17, 15) is 18.0 Å². The first-order valence-electron chi connectivity index (χ1n) is 8.98. The van der Waals surface area contributed by atoms with Crippen LogP contribution in [-0.2, 0) is 25.8 Å². The van der Waals surface area contributed by atoms with Crippen molar-refractivity contribution in [1.29, 1.82) is 0 Å². The van der Waals surface area contributed by atoms with Gasteiger partial charge in [0.1, 0.15) is 13.7 Å². The fourth-order valence-electron chi connectivity index (χ4n) is 2.72. The number of oxime groups is 2. The summed E-state index contributed by atoms with van der Waals surface area (Å²) in [6, 6.07) is 11.3. The largest absolute Gasteiger partial charge is 0.464 e. The molecule has 0 saturated heterocycles. The zero-order valence-electron chi connectivity index (χ0n) is 17.3. The SMILES string of the molecule is CO/N=C(/C(=O)OC)c1cccc(C)c1CO/N=C(\C)c1ccccc1SC(F)(F)F. The number of thioether (sulfide) groups is 1. The number of benzene rings is 2. The lowest BCUT2D eigenvalue weighted by molar-refractivity contribution is -0.132. The standard InChI is InChI=1S/C21H21F3N2O4S/c1-13-8-7-10-16(19(26-29-4)20(27)28-3)17(13)12-30-25-14(2)15-9-5-6-11-18(15)31-21(22,23)24/h5-11H,12H2,1-4H3/b25-14+,26-19+. The summed E-state index contributed by atoms with van der Waals surface area (Å²) in [4.78, 5) is 22.3. The molecule has 0 N–H and O–H groups in total. The topological polar surface area (TPSA) is 69.5 Å². The molecule has 2 aromatic carbocycles. The molecule has 0 bridgehead atoms. The van der Waals surface area contributed by atoms with E-state index in [1.165, 1.54) is 32.4 Å². The maximum atomic E-state index is 12.8. The summed E-state index contributed by atoms with van der Waals surface area (Å²) in [5.74, 6) is -0.688. The van der Waals surface area contributed by atoms with Crippen LogP contribution in [0.15, 0.2) is 57.7 Å². The van der Waals surface area contributed by atoms with Crippen molar-refractivity contribution in [2.24, 2.45) is 10.3 Å². The van der Waals surface area contributed by atoms with Crippen LogP contribution in [-0.4, -0.2) is 37.1 Å². The third-order valence-corrected chi connectivity index (χ3v) is 4.95. The Bertz CT molecular complexity index is 991. The fourth-order valence-corrected chi connectivity index (χ4v) is 3.44. The van der Waals surface area contributed by atoms with E-state index in [0.29, 0.717) is 16.7 Å². The van der Waals surface area contributed by atoms with Crippen LogP contribution in [0, 0.1) is 6.92 Å². The quantitative estimate of drug-likeness (QED) is 0.241. The number of methoxy groups -OCH3 is 1. The minimum absolute atomic E-state index is 0.0247. The van der Waals surface area contributed by atoms with Gasteiger partial charge in [0.05, 0.1) is 12.8 Å². The number of nitrogens with zero attached hydrogens (tertiary/aromatic N) is 2. The molecule has 0 aromatic heterocycles. The van der Waals surface area contributed by atoms with Gasteiger partial charge in [-0.1, -0.05) is 46.7 Å². The van der Waals surface area contributed by atoms with E-state index in [-0.39, 0.29) is 34.7 Å². The van der Waals surface area contributed by atoms with Crippen LogP contribution >= 0.6 is 11.8 Å². The van der Waals surface area contributed by atoms with Crippen LogP contribution in [0.4, 0.5) is 13.2 Å². The Morgan fingerprint density at radius 1 is 1.03 bits per heavy atom. The molecule has 0 atom stereocenters. The molecular weight excluding hydrogens is 433 g/mol. The highest BCUT2D eigenvalue weighted by Crippen LogP contribution is 2.38. The van der Waals surface area contributed by atoms with E-state index in [4.69, 9.17) is 14.4 Å². The first-order valence-corrected chi connectivity index (χ1v) is 9.79. The van der Waals surface area contributed by atoms with Crippen molar-refractivity contribution in [2.45, 2.75) is 30.9 Å². The molecule has 31 heavy (non-hydrogen) atoms. The first-order chi connectivity index (χ1) is 14.7. The van der Waals surface area contributed by atoms with Crippen molar-refractivity contribution >= 4 is 29.2 Å². The van der Waals surface area contributed by atoms with Gasteiger partial charge in [-0.05, 0) is 37.2 Å². The summed E-state index contributed by atoms with van der Waals surface area (Å²) in [6.45, 7) is 3.32. The summed E-state index contributed by atoms with van der Waals surface area (Å²) in [7, 11) is 2.53. The molecule has 0 aliphatic carbocycles. The molecule has 0 saturated carbocycles. The second kappa shape index (κ2) is 10.9. The highest BCUT2D eigenvalue weighted by atomic mass is 32.2. The van der Waals surface area contributed by atoms with Crippen LogP contribution in [0.3, 0.4) is 0 Å². The minimum atomic E-state index is -4.42. The van der Waals surface area contributed by atoms with Crippen LogP contribution in [0.5, 0.6) is 0 Å². The van der Waals surface area contributed by atoms with Gasteiger partial charge >= 0.3 is 11.5 Å². The Balaban J connectivity index is 2.30. The molecular formula is C21H21F3N2O4S. The van der Waals surface area contributed by atoms with Crippen LogP contribution in [0.1, 0.15) is 29.2 Å². The highest BCUT2D eigenvalue weighted by Gasteiger charge is 2.30. The second-order valence-electron chi connectivity index (χ2n) is 6.21. The van der Waals surface area contributed by atoms with Gasteiger partial charge in [0.15, 0.2) is 5.71 Å². The van der Waals surface area contributed by atoms with Gasteiger partial charge in [0, 0.05) is 21.6 Å². The molecule has 0 unspecified atom stereocenters. The molecule has 0 fully saturated rings. The van der Waals surface area contributed by atoms with Crippen LogP contribution in [0.2, 0.25) is 0 Å². The molecule has 166 valence electrons. The molecule has 0 radical (unpaired) electrons. The Hall–Kier alpha value is -3.01. The van der Waals surface area contributed by atoms with Crippen LogP contribution < -0.4 is 0 Å². The number of carbonyl (C=O) groups excluding carboxylic acids is 1. The molecule has 6 nitrogen and oxygen atoms in total. The van der Waals surface area contributed by atoms with Gasteiger partial charge < -0.3 is 14.4 Å². The van der Waals surface area contributed by atoms with Crippen molar-refractivity contribution in [3.05, 3.63) is 64.7 Å². The third-order valence-electron chi connectivity index (χ3n) is 4.14. The second-order valence-corrected chi connectivity index (χ2v) is 7.32. The van der Waals surface area contributed by atoms with E-state index >= 15 is 0 Å². The number of rotatable bonds is 8. The molecule has 0 heterocycles. The summed E-state index contributed by atoms with van der Waals surface area (Å²) in [5.41, 5.74) is -2.02. The van der Waals surface area contributed by atoms with Crippen molar-refractivity contribution in [3.63, 3.8) is 0 Å². The Morgan fingerprint density at radius 3 is 2.35 bits per heavy atom. The van der Waals surface area contributed by atoms with Crippen molar-refractivity contribution in [3.8, 4) is 0 Å². The third kappa shape index (κ3) is 6.74. The number of ether oxygens (including phenoxy) is 1. The van der Waals surface area contributed by atoms with E-state index in [1.807, 2.05) is 13.0 Å². The zero-order valence-corrected chi connectivity index (χ0v) is 18.1. The maximum absolute atomic E-state index is 12.8. The van der Waals surface area contributed by atoms with E-state index in [2.05, 4.69) is 10.3 Å². The van der Waals surface area contributed by atoms with Crippen molar-refractivity contribution in [1.82, 2.24) is 0 Å². The normalized spacial score (nSPS) is 12.5. The van der Waals surface area contributed by atoms with Gasteiger partial charge in [0.2, 0.25) is 0 Å². The van der Waals surface area contributed by atoms with Gasteiger partial charge in [-0.2, -0.15) is 13.2 Å². The minimum Gasteiger partial charge on any atom is -0.464 e.